The number of imidazole rings is 1. The second kappa shape index (κ2) is 8.54. The first-order valence-electron chi connectivity index (χ1n) is 9.85. The van der Waals surface area contributed by atoms with Crippen LogP contribution in [0, 0.1) is 0 Å². The van der Waals surface area contributed by atoms with Crippen molar-refractivity contribution in [3.63, 3.8) is 0 Å². The Morgan fingerprint density at radius 2 is 1.78 bits per heavy atom. The summed E-state index contributed by atoms with van der Waals surface area (Å²) in [5.74, 6) is 2.36. The molecule has 0 atom stereocenters. The van der Waals surface area contributed by atoms with Gasteiger partial charge in [-0.05, 0) is 25.4 Å². The largest absolute Gasteiger partial charge is 0.493 e. The molecule has 1 aliphatic rings. The topological polar surface area (TPSA) is 104 Å². The maximum Gasteiger partial charge on any atom is 0.273 e. The van der Waals surface area contributed by atoms with Gasteiger partial charge in [0.15, 0.2) is 11.5 Å². The number of hydrogen-bond acceptors (Lipinski definition) is 8. The highest BCUT2D eigenvalue weighted by atomic mass is 35.5. The lowest BCUT2D eigenvalue weighted by Gasteiger charge is -2.19. The van der Waals surface area contributed by atoms with Crippen LogP contribution >= 0.6 is 11.6 Å². The van der Waals surface area contributed by atoms with Gasteiger partial charge < -0.3 is 29.0 Å². The summed E-state index contributed by atoms with van der Waals surface area (Å²) in [6.07, 6.45) is 3.41. The number of rotatable bonds is 7. The number of halogens is 1. The summed E-state index contributed by atoms with van der Waals surface area (Å²) < 4.78 is 18.0. The van der Waals surface area contributed by atoms with E-state index in [1.165, 1.54) is 0 Å². The number of ether oxygens (including phenoxy) is 3. The summed E-state index contributed by atoms with van der Waals surface area (Å²) in [5, 5.41) is 3.16. The minimum atomic E-state index is -0.162. The first-order chi connectivity index (χ1) is 15.4. The van der Waals surface area contributed by atoms with Crippen molar-refractivity contribution in [2.45, 2.75) is 26.4 Å². The summed E-state index contributed by atoms with van der Waals surface area (Å²) in [6, 6.07) is 3.65. The van der Waals surface area contributed by atoms with Crippen LogP contribution in [0.3, 0.4) is 0 Å². The number of anilines is 2. The molecule has 0 spiro atoms. The second-order valence-electron chi connectivity index (χ2n) is 7.37. The number of nitrogens with zero attached hydrogens (tertiary/aromatic N) is 5. The minimum absolute atomic E-state index is 0.00531. The third-order valence-corrected chi connectivity index (χ3v) is 5.34. The van der Waals surface area contributed by atoms with Gasteiger partial charge in [-0.25, -0.2) is 15.0 Å². The third kappa shape index (κ3) is 3.77. The molecule has 4 rings (SSSR count). The van der Waals surface area contributed by atoms with Gasteiger partial charge in [0.05, 0.1) is 39.8 Å². The van der Waals surface area contributed by atoms with Crippen LogP contribution in [0.1, 0.15) is 29.9 Å². The van der Waals surface area contributed by atoms with E-state index in [0.717, 1.165) is 5.69 Å². The molecule has 1 aromatic carbocycles. The maximum absolute atomic E-state index is 12.7. The Morgan fingerprint density at radius 3 is 2.38 bits per heavy atom. The smallest absolute Gasteiger partial charge is 0.273 e. The number of carbonyl (C=O) groups is 1. The van der Waals surface area contributed by atoms with Crippen LogP contribution in [0.15, 0.2) is 24.7 Å². The van der Waals surface area contributed by atoms with E-state index in [4.69, 9.17) is 25.8 Å². The zero-order valence-electron chi connectivity index (χ0n) is 18.3. The van der Waals surface area contributed by atoms with E-state index in [-0.39, 0.29) is 17.2 Å². The van der Waals surface area contributed by atoms with Crippen LogP contribution in [0.4, 0.5) is 11.6 Å². The van der Waals surface area contributed by atoms with Crippen LogP contribution in [-0.2, 0) is 6.54 Å². The van der Waals surface area contributed by atoms with Crippen LogP contribution in [0.25, 0.3) is 5.69 Å². The van der Waals surface area contributed by atoms with Gasteiger partial charge in [0, 0.05) is 23.7 Å². The molecule has 1 amide bonds. The van der Waals surface area contributed by atoms with Crippen LogP contribution < -0.4 is 19.5 Å². The van der Waals surface area contributed by atoms with Crippen molar-refractivity contribution in [1.82, 2.24) is 24.4 Å². The number of aromatic nitrogens is 4. The van der Waals surface area contributed by atoms with Crippen molar-refractivity contribution in [1.29, 1.82) is 0 Å². The third-order valence-electron chi connectivity index (χ3n) is 5.17. The Kier molecular flexibility index (Phi) is 5.79. The van der Waals surface area contributed by atoms with E-state index in [2.05, 4.69) is 20.3 Å². The highest BCUT2D eigenvalue weighted by molar-refractivity contribution is 6.28. The van der Waals surface area contributed by atoms with Crippen molar-refractivity contribution in [2.75, 3.05) is 26.6 Å². The van der Waals surface area contributed by atoms with Crippen molar-refractivity contribution < 1.29 is 19.0 Å². The van der Waals surface area contributed by atoms with E-state index in [0.29, 0.717) is 46.7 Å². The first kappa shape index (κ1) is 21.7. The lowest BCUT2D eigenvalue weighted by molar-refractivity contribution is 0.0726. The minimum Gasteiger partial charge on any atom is -0.493 e. The van der Waals surface area contributed by atoms with Gasteiger partial charge >= 0.3 is 0 Å². The van der Waals surface area contributed by atoms with Crippen LogP contribution in [-0.4, -0.2) is 57.7 Å². The Labute approximate surface area is 190 Å². The number of carbonyl (C=O) groups excluding carboxylic acids is 1. The van der Waals surface area contributed by atoms with Gasteiger partial charge in [-0.3, -0.25) is 4.79 Å². The summed E-state index contributed by atoms with van der Waals surface area (Å²) in [5.41, 5.74) is 1.76. The number of hydrogen-bond donors (Lipinski definition) is 1. The summed E-state index contributed by atoms with van der Waals surface area (Å²) in [7, 11) is 4.67. The number of methoxy groups -OCH3 is 3. The Balaban J connectivity index is 1.66. The molecule has 0 radical (unpaired) electrons. The Bertz CT molecular complexity index is 1150. The molecule has 3 heterocycles. The molecule has 0 unspecified atom stereocenters. The highest BCUT2D eigenvalue weighted by Crippen LogP contribution is 2.39. The van der Waals surface area contributed by atoms with Crippen molar-refractivity contribution in [3.05, 3.63) is 41.2 Å². The summed E-state index contributed by atoms with van der Waals surface area (Å²) >= 11 is 6.09. The quantitative estimate of drug-likeness (QED) is 0.537. The zero-order valence-corrected chi connectivity index (χ0v) is 19.1. The number of fused-ring (bicyclic) bond motifs is 1. The molecule has 0 saturated heterocycles. The summed E-state index contributed by atoms with van der Waals surface area (Å²) in [4.78, 5) is 27.2. The predicted octanol–water partition coefficient (Wildman–Crippen LogP) is 3.45. The van der Waals surface area contributed by atoms with Crippen molar-refractivity contribution in [3.8, 4) is 22.9 Å². The van der Waals surface area contributed by atoms with Crippen LogP contribution in [0.2, 0.25) is 5.28 Å². The molecule has 0 aliphatic carbocycles. The zero-order chi connectivity index (χ0) is 23.0. The molecule has 1 N–H and O–H groups in total. The fourth-order valence-electron chi connectivity index (χ4n) is 3.55. The average Bonchev–Trinajstić information content (AvgIpc) is 3.37. The first-order valence-corrected chi connectivity index (χ1v) is 10.2. The molecule has 0 saturated carbocycles. The van der Waals surface area contributed by atoms with E-state index in [9.17, 15) is 4.79 Å². The van der Waals surface area contributed by atoms with Gasteiger partial charge in [-0.2, -0.15) is 0 Å². The van der Waals surface area contributed by atoms with Crippen LogP contribution in [0.5, 0.6) is 17.2 Å². The monoisotopic (exact) mass is 458 g/mol. The Hall–Kier alpha value is -3.53. The predicted molar refractivity (Wildman–Crippen MR) is 119 cm³/mol. The van der Waals surface area contributed by atoms with Crippen molar-refractivity contribution >= 4 is 29.1 Å². The number of benzene rings is 1. The summed E-state index contributed by atoms with van der Waals surface area (Å²) in [6.45, 7) is 4.30. The number of nitrogens with one attached hydrogen (secondary N) is 1. The normalized spacial score (nSPS) is 12.8. The molecule has 1 aliphatic heterocycles. The van der Waals surface area contributed by atoms with Gasteiger partial charge in [0.2, 0.25) is 11.0 Å². The van der Waals surface area contributed by atoms with E-state index >= 15 is 0 Å². The van der Waals surface area contributed by atoms with E-state index in [1.807, 2.05) is 26.0 Å². The second-order valence-corrected chi connectivity index (χ2v) is 7.71. The molecule has 10 nitrogen and oxygen atoms in total. The van der Waals surface area contributed by atoms with Gasteiger partial charge in [0.1, 0.15) is 23.7 Å². The standard InChI is InChI=1S/C21H23ClN6O4/c1-11(2)28-8-13-17(20(28)29)25-21(22)26-19(13)24-16-9-27(10-23-16)12-6-14(30-3)18(32-5)15(7-12)31-4/h6-7,9-11H,8H2,1-5H3,(H,24,25,26). The molecular formula is C21H23ClN6O4. The highest BCUT2D eigenvalue weighted by Gasteiger charge is 2.34. The molecule has 32 heavy (non-hydrogen) atoms. The number of amides is 1. The molecule has 2 aromatic heterocycles. The molecule has 3 aromatic rings. The fraction of sp³-hybridized carbons (Fsp3) is 0.333. The van der Waals surface area contributed by atoms with Gasteiger partial charge in [0.25, 0.3) is 5.91 Å². The van der Waals surface area contributed by atoms with Gasteiger partial charge in [-0.15, -0.1) is 0 Å². The molecule has 11 heteroatoms. The molecule has 0 bridgehead atoms. The molecular weight excluding hydrogens is 436 g/mol. The molecule has 0 fully saturated rings. The maximum atomic E-state index is 12.7. The Morgan fingerprint density at radius 1 is 1.09 bits per heavy atom. The van der Waals surface area contributed by atoms with Gasteiger partial charge in [-0.1, -0.05) is 0 Å². The lowest BCUT2D eigenvalue weighted by Crippen LogP contribution is -2.31. The SMILES string of the molecule is COc1cc(-n2cnc(Nc3nc(Cl)nc4c3CN(C(C)C)C4=O)c2)cc(OC)c1OC. The van der Waals surface area contributed by atoms with E-state index < -0.39 is 0 Å². The lowest BCUT2D eigenvalue weighted by atomic mass is 10.2. The van der Waals surface area contributed by atoms with E-state index in [1.54, 1.807) is 43.3 Å². The average molecular weight is 459 g/mol. The van der Waals surface area contributed by atoms with Crippen molar-refractivity contribution in [2.24, 2.45) is 0 Å². The fourth-order valence-corrected chi connectivity index (χ4v) is 3.72. The molecule has 168 valence electrons.